The minimum Gasteiger partial charge on any atom is -0.478 e. The summed E-state index contributed by atoms with van der Waals surface area (Å²) in [5, 5.41) is 14.0. The third-order valence-corrected chi connectivity index (χ3v) is 2.68. The van der Waals surface area contributed by atoms with Gasteiger partial charge in [0.15, 0.2) is 0 Å². The van der Waals surface area contributed by atoms with Gasteiger partial charge < -0.3 is 20.6 Å². The molecule has 20 heavy (non-hydrogen) atoms. The number of nitrogens with one attached hydrogen (secondary N) is 2. The molecule has 0 aliphatic carbocycles. The van der Waals surface area contributed by atoms with Gasteiger partial charge >= 0.3 is 12.0 Å². The number of benzene rings is 1. The lowest BCUT2D eigenvalue weighted by Crippen LogP contribution is -2.41. The van der Waals surface area contributed by atoms with Crippen molar-refractivity contribution in [2.45, 2.75) is 6.92 Å². The predicted octanol–water partition coefficient (Wildman–Crippen LogP) is 0.985. The van der Waals surface area contributed by atoms with Crippen LogP contribution in [0.25, 0.3) is 0 Å². The van der Waals surface area contributed by atoms with Crippen LogP contribution in [0.15, 0.2) is 24.3 Å². The van der Waals surface area contributed by atoms with Gasteiger partial charge in [-0.1, -0.05) is 12.1 Å². The molecule has 0 saturated heterocycles. The third-order valence-electron chi connectivity index (χ3n) is 2.68. The Bertz CT molecular complexity index is 516. The molecule has 0 fully saturated rings. The van der Waals surface area contributed by atoms with Crippen LogP contribution < -0.4 is 10.6 Å². The number of likely N-dealkylation sites (N-methyl/N-ethyl adjacent to an activating group) is 2. The lowest BCUT2D eigenvalue weighted by molar-refractivity contribution is -0.121. The third kappa shape index (κ3) is 3.98. The molecule has 0 aromatic heterocycles. The van der Waals surface area contributed by atoms with Crippen LogP contribution in [0.2, 0.25) is 0 Å². The summed E-state index contributed by atoms with van der Waals surface area (Å²) >= 11 is 0. The first-order valence-electron chi connectivity index (χ1n) is 6.08. The van der Waals surface area contributed by atoms with Gasteiger partial charge in [0.2, 0.25) is 5.91 Å². The van der Waals surface area contributed by atoms with Crippen molar-refractivity contribution in [3.05, 3.63) is 29.8 Å². The van der Waals surface area contributed by atoms with Crippen LogP contribution in [-0.4, -0.2) is 48.1 Å². The number of amides is 3. The predicted molar refractivity (Wildman–Crippen MR) is 73.7 cm³/mol. The number of carbonyl (C=O) groups excluding carboxylic acids is 2. The molecule has 1 aromatic rings. The maximum Gasteiger partial charge on any atom is 0.337 e. The maximum atomic E-state index is 12.0. The first-order valence-corrected chi connectivity index (χ1v) is 6.08. The zero-order valence-electron chi connectivity index (χ0n) is 11.3. The van der Waals surface area contributed by atoms with E-state index in [1.807, 2.05) is 0 Å². The van der Waals surface area contributed by atoms with Crippen molar-refractivity contribution in [3.8, 4) is 0 Å². The summed E-state index contributed by atoms with van der Waals surface area (Å²) < 4.78 is 0. The van der Waals surface area contributed by atoms with E-state index in [-0.39, 0.29) is 23.7 Å². The Morgan fingerprint density at radius 2 is 1.90 bits per heavy atom. The average Bonchev–Trinajstić information content (AvgIpc) is 2.44. The van der Waals surface area contributed by atoms with Crippen LogP contribution in [-0.2, 0) is 4.79 Å². The summed E-state index contributed by atoms with van der Waals surface area (Å²) in [6, 6.07) is 5.56. The highest BCUT2D eigenvalue weighted by Crippen LogP contribution is 2.15. The van der Waals surface area contributed by atoms with Gasteiger partial charge in [0, 0.05) is 13.6 Å². The fraction of sp³-hybridized carbons (Fsp3) is 0.308. The number of rotatable bonds is 5. The molecule has 0 aliphatic heterocycles. The fourth-order valence-corrected chi connectivity index (χ4v) is 1.55. The van der Waals surface area contributed by atoms with Crippen LogP contribution in [0.3, 0.4) is 0 Å². The molecule has 0 bridgehead atoms. The standard InChI is InChI=1S/C13H17N3O4/c1-3-16(8-11(17)14-2)13(20)15-10-7-5-4-6-9(10)12(18)19/h4-7H,3,8H2,1-2H3,(H,14,17)(H,15,20)(H,18,19). The van der Waals surface area contributed by atoms with E-state index in [0.717, 1.165) is 0 Å². The molecular weight excluding hydrogens is 262 g/mol. The second-order valence-corrected chi connectivity index (χ2v) is 3.97. The summed E-state index contributed by atoms with van der Waals surface area (Å²) in [6.07, 6.45) is 0. The molecule has 0 radical (unpaired) electrons. The van der Waals surface area contributed by atoms with Gasteiger partial charge in [0.05, 0.1) is 11.3 Å². The van der Waals surface area contributed by atoms with Crippen LogP contribution >= 0.6 is 0 Å². The highest BCUT2D eigenvalue weighted by molar-refractivity contribution is 6.00. The number of hydrogen-bond donors (Lipinski definition) is 3. The summed E-state index contributed by atoms with van der Waals surface area (Å²) in [6.45, 7) is 1.97. The van der Waals surface area contributed by atoms with Crippen molar-refractivity contribution in [1.29, 1.82) is 0 Å². The van der Waals surface area contributed by atoms with Crippen molar-refractivity contribution in [2.75, 3.05) is 25.5 Å². The molecule has 3 N–H and O–H groups in total. The number of nitrogens with zero attached hydrogens (tertiary/aromatic N) is 1. The van der Waals surface area contributed by atoms with Gasteiger partial charge in [0.1, 0.15) is 6.54 Å². The number of para-hydroxylation sites is 1. The first kappa shape index (κ1) is 15.5. The molecule has 0 heterocycles. The van der Waals surface area contributed by atoms with E-state index >= 15 is 0 Å². The molecule has 0 aliphatic rings. The van der Waals surface area contributed by atoms with Crippen LogP contribution in [0.4, 0.5) is 10.5 Å². The zero-order chi connectivity index (χ0) is 15.1. The van der Waals surface area contributed by atoms with Gasteiger partial charge in [-0.3, -0.25) is 4.79 Å². The molecule has 0 saturated carbocycles. The molecule has 0 unspecified atom stereocenters. The lowest BCUT2D eigenvalue weighted by Gasteiger charge is -2.20. The Kier molecular flexibility index (Phi) is 5.52. The second-order valence-electron chi connectivity index (χ2n) is 3.97. The molecule has 1 rings (SSSR count). The number of aromatic carboxylic acids is 1. The minimum absolute atomic E-state index is 0.00292. The maximum absolute atomic E-state index is 12.0. The topological polar surface area (TPSA) is 98.7 Å². The zero-order valence-corrected chi connectivity index (χ0v) is 11.3. The second kappa shape index (κ2) is 7.13. The SMILES string of the molecule is CCN(CC(=O)NC)C(=O)Nc1ccccc1C(=O)O. The van der Waals surface area contributed by atoms with Crippen LogP contribution in [0.1, 0.15) is 17.3 Å². The number of carbonyl (C=O) groups is 3. The van der Waals surface area contributed by atoms with E-state index in [4.69, 9.17) is 5.11 Å². The molecule has 0 spiro atoms. The Labute approximate surface area is 116 Å². The molecule has 0 atom stereocenters. The summed E-state index contributed by atoms with van der Waals surface area (Å²) in [5.41, 5.74) is 0.192. The van der Waals surface area contributed by atoms with Crippen molar-refractivity contribution in [1.82, 2.24) is 10.2 Å². The van der Waals surface area contributed by atoms with Crippen molar-refractivity contribution < 1.29 is 19.5 Å². The fourth-order valence-electron chi connectivity index (χ4n) is 1.55. The Morgan fingerprint density at radius 1 is 1.25 bits per heavy atom. The van der Waals surface area contributed by atoms with Crippen molar-refractivity contribution in [3.63, 3.8) is 0 Å². The highest BCUT2D eigenvalue weighted by atomic mass is 16.4. The number of carboxylic acids is 1. The molecule has 7 nitrogen and oxygen atoms in total. The largest absolute Gasteiger partial charge is 0.478 e. The van der Waals surface area contributed by atoms with E-state index in [9.17, 15) is 14.4 Å². The summed E-state index contributed by atoms with van der Waals surface area (Å²) in [7, 11) is 1.48. The van der Waals surface area contributed by atoms with Gasteiger partial charge in [-0.05, 0) is 19.1 Å². The smallest absolute Gasteiger partial charge is 0.337 e. The monoisotopic (exact) mass is 279 g/mol. The summed E-state index contributed by atoms with van der Waals surface area (Å²) in [4.78, 5) is 35.6. The Hall–Kier alpha value is -2.57. The van der Waals surface area contributed by atoms with Gasteiger partial charge in [-0.25, -0.2) is 9.59 Å². The minimum atomic E-state index is -1.13. The summed E-state index contributed by atoms with van der Waals surface area (Å²) in [5.74, 6) is -1.43. The van der Waals surface area contributed by atoms with Gasteiger partial charge in [-0.2, -0.15) is 0 Å². The van der Waals surface area contributed by atoms with E-state index < -0.39 is 12.0 Å². The normalized spacial score (nSPS) is 9.70. The number of urea groups is 1. The van der Waals surface area contributed by atoms with Crippen LogP contribution in [0, 0.1) is 0 Å². The van der Waals surface area contributed by atoms with Gasteiger partial charge in [0.25, 0.3) is 0 Å². The first-order chi connectivity index (χ1) is 9.49. The molecule has 1 aromatic carbocycles. The van der Waals surface area contributed by atoms with E-state index in [0.29, 0.717) is 6.54 Å². The average molecular weight is 279 g/mol. The van der Waals surface area contributed by atoms with E-state index in [1.54, 1.807) is 19.1 Å². The number of anilines is 1. The lowest BCUT2D eigenvalue weighted by atomic mass is 10.2. The molecule has 3 amide bonds. The molecular formula is C13H17N3O4. The van der Waals surface area contributed by atoms with E-state index in [1.165, 1.54) is 24.1 Å². The molecule has 108 valence electrons. The molecule has 7 heteroatoms. The quantitative estimate of drug-likeness (QED) is 0.748. The van der Waals surface area contributed by atoms with Crippen molar-refractivity contribution >= 4 is 23.6 Å². The van der Waals surface area contributed by atoms with Crippen LogP contribution in [0.5, 0.6) is 0 Å². The van der Waals surface area contributed by atoms with E-state index in [2.05, 4.69) is 10.6 Å². The highest BCUT2D eigenvalue weighted by Gasteiger charge is 2.17. The Morgan fingerprint density at radius 3 is 2.45 bits per heavy atom. The Balaban J connectivity index is 2.84. The van der Waals surface area contributed by atoms with Gasteiger partial charge in [-0.15, -0.1) is 0 Å². The number of hydrogen-bond acceptors (Lipinski definition) is 3. The number of carboxylic acid groups (broad SMARTS) is 1. The van der Waals surface area contributed by atoms with Crippen molar-refractivity contribution in [2.24, 2.45) is 0 Å².